The number of nitrogens with one attached hydrogen (secondary N) is 1. The molecule has 1 heterocycles. The van der Waals surface area contributed by atoms with E-state index in [9.17, 15) is 19.2 Å². The predicted octanol–water partition coefficient (Wildman–Crippen LogP) is 2.13. The monoisotopic (exact) mass is 400 g/mol. The Morgan fingerprint density at radius 3 is 2.28 bits per heavy atom. The number of amides is 2. The fourth-order valence-corrected chi connectivity index (χ4v) is 2.87. The van der Waals surface area contributed by atoms with E-state index in [0.717, 1.165) is 11.1 Å². The highest BCUT2D eigenvalue weighted by atomic mass is 16.5. The van der Waals surface area contributed by atoms with E-state index in [0.29, 0.717) is 11.3 Å². The molecule has 2 amide bonds. The van der Waals surface area contributed by atoms with Crippen LogP contribution in [0.2, 0.25) is 0 Å². The first-order valence-corrected chi connectivity index (χ1v) is 8.98. The zero-order chi connectivity index (χ0) is 21.7. The average molecular weight is 400 g/mol. The van der Waals surface area contributed by atoms with Crippen LogP contribution in [0.25, 0.3) is 0 Å². The summed E-state index contributed by atoms with van der Waals surface area (Å²) in [5.74, 6) is -1.55. The molecule has 1 N–H and O–H groups in total. The smallest absolute Gasteiger partial charge is 0.342 e. The lowest BCUT2D eigenvalue weighted by Crippen LogP contribution is -2.37. The van der Waals surface area contributed by atoms with Gasteiger partial charge in [0.25, 0.3) is 5.91 Å². The SMILES string of the molecule is Cc1cccc(C)c1NC(=O)CN(C)C(=O)COC(=O)c1c(C)cc(=O)oc1C. The fraction of sp³-hybridized carbons (Fsp3) is 0.333. The standard InChI is InChI=1S/C21H24N2O6/c1-12-7-6-8-13(2)20(12)22-16(24)10-23(5)17(25)11-28-21(27)19-14(3)9-18(26)29-15(19)4/h6-9H,10-11H2,1-5H3,(H,22,24). The van der Waals surface area contributed by atoms with Crippen molar-refractivity contribution in [2.75, 3.05) is 25.5 Å². The van der Waals surface area contributed by atoms with Gasteiger partial charge in [-0.1, -0.05) is 18.2 Å². The normalized spacial score (nSPS) is 10.4. The van der Waals surface area contributed by atoms with Crippen molar-refractivity contribution >= 4 is 23.5 Å². The van der Waals surface area contributed by atoms with Crippen LogP contribution in [0.1, 0.15) is 32.8 Å². The van der Waals surface area contributed by atoms with Gasteiger partial charge in [0.15, 0.2) is 6.61 Å². The van der Waals surface area contributed by atoms with E-state index in [2.05, 4.69) is 5.32 Å². The van der Waals surface area contributed by atoms with E-state index in [1.807, 2.05) is 32.0 Å². The van der Waals surface area contributed by atoms with Crippen LogP contribution in [0.3, 0.4) is 0 Å². The van der Waals surface area contributed by atoms with Gasteiger partial charge in [-0.2, -0.15) is 0 Å². The van der Waals surface area contributed by atoms with Gasteiger partial charge in [-0.05, 0) is 44.4 Å². The van der Waals surface area contributed by atoms with Crippen LogP contribution in [-0.4, -0.2) is 42.9 Å². The Morgan fingerprint density at radius 2 is 1.69 bits per heavy atom. The maximum absolute atomic E-state index is 12.3. The number of hydrogen-bond acceptors (Lipinski definition) is 6. The Morgan fingerprint density at radius 1 is 1.07 bits per heavy atom. The fourth-order valence-electron chi connectivity index (χ4n) is 2.87. The number of esters is 1. The summed E-state index contributed by atoms with van der Waals surface area (Å²) in [5, 5.41) is 2.79. The zero-order valence-electron chi connectivity index (χ0n) is 17.1. The number of likely N-dealkylation sites (N-methyl/N-ethyl adjacent to an activating group) is 1. The molecule has 1 aromatic heterocycles. The molecule has 0 bridgehead atoms. The molecule has 0 atom stereocenters. The summed E-state index contributed by atoms with van der Waals surface area (Å²) in [6, 6.07) is 6.83. The molecule has 29 heavy (non-hydrogen) atoms. The summed E-state index contributed by atoms with van der Waals surface area (Å²) in [4.78, 5) is 49.2. The van der Waals surface area contributed by atoms with Crippen LogP contribution in [-0.2, 0) is 14.3 Å². The summed E-state index contributed by atoms with van der Waals surface area (Å²) in [5.41, 5.74) is 2.48. The maximum Gasteiger partial charge on any atom is 0.342 e. The number of hydrogen-bond donors (Lipinski definition) is 1. The highest BCUT2D eigenvalue weighted by Gasteiger charge is 2.20. The van der Waals surface area contributed by atoms with Gasteiger partial charge >= 0.3 is 11.6 Å². The van der Waals surface area contributed by atoms with Crippen molar-refractivity contribution in [3.8, 4) is 0 Å². The summed E-state index contributed by atoms with van der Waals surface area (Å²) in [7, 11) is 1.44. The first-order valence-electron chi connectivity index (χ1n) is 8.98. The molecule has 154 valence electrons. The molecule has 0 aliphatic carbocycles. The quantitative estimate of drug-likeness (QED) is 0.745. The molecule has 0 aliphatic rings. The molecule has 0 saturated heterocycles. The molecule has 0 fully saturated rings. The van der Waals surface area contributed by atoms with Gasteiger partial charge in [-0.3, -0.25) is 9.59 Å². The molecule has 8 heteroatoms. The Labute approximate surface area is 168 Å². The third-order valence-electron chi connectivity index (χ3n) is 4.42. The molecule has 2 aromatic rings. The summed E-state index contributed by atoms with van der Waals surface area (Å²) in [6.45, 7) is 6.08. The Balaban J connectivity index is 1.93. The number of para-hydroxylation sites is 1. The predicted molar refractivity (Wildman–Crippen MR) is 107 cm³/mol. The number of aryl methyl sites for hydroxylation is 4. The Bertz CT molecular complexity index is 962. The van der Waals surface area contributed by atoms with Crippen molar-refractivity contribution in [1.29, 1.82) is 0 Å². The number of nitrogens with zero attached hydrogens (tertiary/aromatic N) is 1. The van der Waals surface area contributed by atoms with E-state index in [-0.39, 0.29) is 23.8 Å². The summed E-state index contributed by atoms with van der Waals surface area (Å²) in [6.07, 6.45) is 0. The first-order chi connectivity index (χ1) is 13.6. The highest BCUT2D eigenvalue weighted by Crippen LogP contribution is 2.19. The van der Waals surface area contributed by atoms with Gasteiger partial charge in [-0.25, -0.2) is 9.59 Å². The van der Waals surface area contributed by atoms with E-state index >= 15 is 0 Å². The maximum atomic E-state index is 12.3. The molecule has 0 spiro atoms. The summed E-state index contributed by atoms with van der Waals surface area (Å²) >= 11 is 0. The lowest BCUT2D eigenvalue weighted by molar-refractivity contribution is -0.136. The number of anilines is 1. The molecular formula is C21H24N2O6. The summed E-state index contributed by atoms with van der Waals surface area (Å²) < 4.78 is 9.92. The van der Waals surface area contributed by atoms with Crippen molar-refractivity contribution < 1.29 is 23.5 Å². The minimum absolute atomic E-state index is 0.104. The number of ether oxygens (including phenoxy) is 1. The van der Waals surface area contributed by atoms with Crippen LogP contribution in [0, 0.1) is 27.7 Å². The van der Waals surface area contributed by atoms with Crippen molar-refractivity contribution in [3.05, 3.63) is 62.7 Å². The second-order valence-corrected chi connectivity index (χ2v) is 6.82. The van der Waals surface area contributed by atoms with E-state index in [1.54, 1.807) is 6.92 Å². The Hall–Kier alpha value is -3.42. The van der Waals surface area contributed by atoms with Crippen molar-refractivity contribution in [3.63, 3.8) is 0 Å². The second kappa shape index (κ2) is 9.18. The third kappa shape index (κ3) is 5.54. The molecule has 0 saturated carbocycles. The van der Waals surface area contributed by atoms with Crippen molar-refractivity contribution in [2.24, 2.45) is 0 Å². The highest BCUT2D eigenvalue weighted by molar-refractivity contribution is 5.96. The molecule has 2 rings (SSSR count). The topological polar surface area (TPSA) is 106 Å². The minimum atomic E-state index is -0.773. The molecule has 8 nitrogen and oxygen atoms in total. The van der Waals surface area contributed by atoms with Gasteiger partial charge in [0, 0.05) is 18.8 Å². The number of carbonyl (C=O) groups is 3. The lowest BCUT2D eigenvalue weighted by atomic mass is 10.1. The molecule has 1 aromatic carbocycles. The molecule has 0 radical (unpaired) electrons. The van der Waals surface area contributed by atoms with Crippen LogP contribution in [0.15, 0.2) is 33.5 Å². The minimum Gasteiger partial charge on any atom is -0.452 e. The van der Waals surface area contributed by atoms with E-state index in [4.69, 9.17) is 9.15 Å². The van der Waals surface area contributed by atoms with Crippen LogP contribution in [0.5, 0.6) is 0 Å². The zero-order valence-corrected chi connectivity index (χ0v) is 17.1. The first kappa shape index (κ1) is 21.9. The van der Waals surface area contributed by atoms with E-state index < -0.39 is 24.1 Å². The van der Waals surface area contributed by atoms with Gasteiger partial charge in [-0.15, -0.1) is 0 Å². The Kier molecular flexibility index (Phi) is 6.93. The molecule has 0 unspecified atom stereocenters. The molecular weight excluding hydrogens is 376 g/mol. The lowest BCUT2D eigenvalue weighted by Gasteiger charge is -2.18. The largest absolute Gasteiger partial charge is 0.452 e. The van der Waals surface area contributed by atoms with Gasteiger partial charge < -0.3 is 19.4 Å². The van der Waals surface area contributed by atoms with Gasteiger partial charge in [0.05, 0.1) is 6.54 Å². The van der Waals surface area contributed by atoms with Crippen LogP contribution in [0.4, 0.5) is 5.69 Å². The third-order valence-corrected chi connectivity index (χ3v) is 4.42. The van der Waals surface area contributed by atoms with Crippen molar-refractivity contribution in [1.82, 2.24) is 4.90 Å². The number of carbonyl (C=O) groups excluding carboxylic acids is 3. The van der Waals surface area contributed by atoms with Crippen molar-refractivity contribution in [2.45, 2.75) is 27.7 Å². The average Bonchev–Trinajstić information content (AvgIpc) is 2.62. The van der Waals surface area contributed by atoms with Crippen LogP contribution >= 0.6 is 0 Å². The van der Waals surface area contributed by atoms with Gasteiger partial charge in [0.2, 0.25) is 5.91 Å². The van der Waals surface area contributed by atoms with E-state index in [1.165, 1.54) is 24.9 Å². The molecule has 0 aliphatic heterocycles. The van der Waals surface area contributed by atoms with Gasteiger partial charge in [0.1, 0.15) is 11.3 Å². The number of rotatable bonds is 6. The van der Waals surface area contributed by atoms with Crippen LogP contribution < -0.4 is 10.9 Å². The second-order valence-electron chi connectivity index (χ2n) is 6.82. The number of benzene rings is 1.